The highest BCUT2D eigenvalue weighted by Crippen LogP contribution is 2.22. The average molecular weight is 407 g/mol. The minimum absolute atomic E-state index is 0.0396. The van der Waals surface area contributed by atoms with Crippen LogP contribution in [0.2, 0.25) is 5.02 Å². The van der Waals surface area contributed by atoms with Crippen molar-refractivity contribution in [3.05, 3.63) is 73.6 Å². The summed E-state index contributed by atoms with van der Waals surface area (Å²) in [6.45, 7) is 1.18. The lowest BCUT2D eigenvalue weighted by Crippen LogP contribution is -2.42. The van der Waals surface area contributed by atoms with E-state index in [0.717, 1.165) is 21.3 Å². The molecule has 0 radical (unpaired) electrons. The van der Waals surface area contributed by atoms with E-state index in [1.165, 1.54) is 14.0 Å². The van der Waals surface area contributed by atoms with E-state index in [-0.39, 0.29) is 22.5 Å². The summed E-state index contributed by atoms with van der Waals surface area (Å²) in [5, 5.41) is 8.93. The van der Waals surface area contributed by atoms with Crippen molar-refractivity contribution in [1.82, 2.24) is 9.13 Å². The molecule has 0 aliphatic carbocycles. The normalized spacial score (nSPS) is 12.1. The standard InChI is InChI=1S/C19H16ClFN2O5/c1-10(18(25)26)23-16-8-14(20)15(21)7-13(16)17(24)22(19(23)27)9-11-3-5-12(28-2)6-4-11/h3-8,10H,9H2,1-2H3,(H,25,26). The van der Waals surface area contributed by atoms with Gasteiger partial charge in [-0.05, 0) is 36.8 Å². The van der Waals surface area contributed by atoms with Gasteiger partial charge in [0.1, 0.15) is 17.6 Å². The number of ether oxygens (including phenoxy) is 1. The fourth-order valence-electron chi connectivity index (χ4n) is 2.91. The Morgan fingerprint density at radius 1 is 1.25 bits per heavy atom. The molecule has 0 saturated carbocycles. The average Bonchev–Trinajstić information content (AvgIpc) is 2.67. The lowest BCUT2D eigenvalue weighted by Gasteiger charge is -2.17. The van der Waals surface area contributed by atoms with E-state index in [1.807, 2.05) is 0 Å². The van der Waals surface area contributed by atoms with Gasteiger partial charge in [-0.15, -0.1) is 0 Å². The van der Waals surface area contributed by atoms with Crippen LogP contribution in [0.15, 0.2) is 46.0 Å². The van der Waals surface area contributed by atoms with Gasteiger partial charge >= 0.3 is 11.7 Å². The molecule has 9 heteroatoms. The molecular formula is C19H16ClFN2O5. The third kappa shape index (κ3) is 3.38. The van der Waals surface area contributed by atoms with Crippen molar-refractivity contribution in [2.75, 3.05) is 7.11 Å². The SMILES string of the molecule is COc1ccc(Cn2c(=O)c3cc(F)c(Cl)cc3n(C(C)C(=O)O)c2=O)cc1. The van der Waals surface area contributed by atoms with Crippen molar-refractivity contribution >= 4 is 28.5 Å². The molecule has 7 nitrogen and oxygen atoms in total. The molecule has 1 unspecified atom stereocenters. The second kappa shape index (κ2) is 7.47. The lowest BCUT2D eigenvalue weighted by molar-refractivity contribution is -0.140. The van der Waals surface area contributed by atoms with Crippen LogP contribution in [-0.2, 0) is 11.3 Å². The summed E-state index contributed by atoms with van der Waals surface area (Å²) < 4.78 is 20.8. The largest absolute Gasteiger partial charge is 0.497 e. The Morgan fingerprint density at radius 3 is 2.46 bits per heavy atom. The quantitative estimate of drug-likeness (QED) is 0.703. The number of carboxylic acid groups (broad SMARTS) is 1. The Labute approximate surface area is 163 Å². The fourth-order valence-corrected chi connectivity index (χ4v) is 3.07. The molecule has 146 valence electrons. The first-order chi connectivity index (χ1) is 13.2. The van der Waals surface area contributed by atoms with E-state index in [0.29, 0.717) is 11.3 Å². The van der Waals surface area contributed by atoms with Crippen molar-refractivity contribution in [1.29, 1.82) is 0 Å². The van der Waals surface area contributed by atoms with Crippen LogP contribution in [0.1, 0.15) is 18.5 Å². The fraction of sp³-hybridized carbons (Fsp3) is 0.211. The molecule has 0 bridgehead atoms. The van der Waals surface area contributed by atoms with Crippen LogP contribution in [0.3, 0.4) is 0 Å². The Balaban J connectivity index is 2.30. The van der Waals surface area contributed by atoms with E-state index in [1.54, 1.807) is 24.3 Å². The first kappa shape index (κ1) is 19.6. The van der Waals surface area contributed by atoms with E-state index in [2.05, 4.69) is 0 Å². The lowest BCUT2D eigenvalue weighted by atomic mass is 10.2. The maximum absolute atomic E-state index is 14.0. The van der Waals surface area contributed by atoms with Gasteiger partial charge in [-0.25, -0.2) is 14.0 Å². The maximum atomic E-state index is 14.0. The van der Waals surface area contributed by atoms with Crippen LogP contribution >= 0.6 is 11.6 Å². The van der Waals surface area contributed by atoms with E-state index >= 15 is 0 Å². The number of aliphatic carboxylic acids is 1. The van der Waals surface area contributed by atoms with Gasteiger partial charge in [-0.2, -0.15) is 0 Å². The zero-order valence-corrected chi connectivity index (χ0v) is 15.7. The number of methoxy groups -OCH3 is 1. The molecule has 0 fully saturated rings. The molecule has 0 saturated heterocycles. The molecule has 28 heavy (non-hydrogen) atoms. The predicted octanol–water partition coefficient (Wildman–Crippen LogP) is 2.66. The summed E-state index contributed by atoms with van der Waals surface area (Å²) >= 11 is 5.79. The smallest absolute Gasteiger partial charge is 0.332 e. The van der Waals surface area contributed by atoms with Gasteiger partial charge in [-0.3, -0.25) is 13.9 Å². The van der Waals surface area contributed by atoms with Crippen LogP contribution in [0, 0.1) is 5.82 Å². The summed E-state index contributed by atoms with van der Waals surface area (Å²) in [4.78, 5) is 37.3. The Bertz CT molecular complexity index is 1180. The number of rotatable bonds is 5. The number of nitrogens with zero attached hydrogens (tertiary/aromatic N) is 2. The van der Waals surface area contributed by atoms with Crippen molar-refractivity contribution < 1.29 is 19.0 Å². The molecule has 3 aromatic rings. The van der Waals surface area contributed by atoms with Crippen LogP contribution in [0.5, 0.6) is 5.75 Å². The highest BCUT2D eigenvalue weighted by Gasteiger charge is 2.23. The third-order valence-corrected chi connectivity index (χ3v) is 4.74. The van der Waals surface area contributed by atoms with Crippen molar-refractivity contribution in [2.45, 2.75) is 19.5 Å². The number of halogens is 2. The summed E-state index contributed by atoms with van der Waals surface area (Å²) in [5.74, 6) is -1.52. The van der Waals surface area contributed by atoms with Gasteiger partial charge in [-0.1, -0.05) is 23.7 Å². The first-order valence-electron chi connectivity index (χ1n) is 8.24. The maximum Gasteiger partial charge on any atom is 0.332 e. The predicted molar refractivity (Wildman–Crippen MR) is 102 cm³/mol. The number of hydrogen-bond donors (Lipinski definition) is 1. The number of carboxylic acids is 1. The molecular weight excluding hydrogens is 391 g/mol. The van der Waals surface area contributed by atoms with Gasteiger partial charge < -0.3 is 9.84 Å². The third-order valence-electron chi connectivity index (χ3n) is 4.46. The molecule has 1 heterocycles. The summed E-state index contributed by atoms with van der Waals surface area (Å²) in [5.41, 5.74) is -0.989. The van der Waals surface area contributed by atoms with Gasteiger partial charge in [0.25, 0.3) is 5.56 Å². The topological polar surface area (TPSA) is 90.5 Å². The van der Waals surface area contributed by atoms with Gasteiger partial charge in [0.15, 0.2) is 0 Å². The summed E-state index contributed by atoms with van der Waals surface area (Å²) in [7, 11) is 1.51. The number of benzene rings is 2. The minimum Gasteiger partial charge on any atom is -0.497 e. The molecule has 0 amide bonds. The Kier molecular flexibility index (Phi) is 5.24. The van der Waals surface area contributed by atoms with E-state index in [4.69, 9.17) is 16.3 Å². The summed E-state index contributed by atoms with van der Waals surface area (Å²) in [6.07, 6.45) is 0. The van der Waals surface area contributed by atoms with Crippen molar-refractivity contribution in [2.24, 2.45) is 0 Å². The highest BCUT2D eigenvalue weighted by molar-refractivity contribution is 6.31. The van der Waals surface area contributed by atoms with Gasteiger partial charge in [0, 0.05) is 0 Å². The molecule has 0 spiro atoms. The molecule has 3 rings (SSSR count). The molecule has 1 N–H and O–H groups in total. The zero-order valence-electron chi connectivity index (χ0n) is 15.0. The molecule has 0 aliphatic heterocycles. The zero-order chi connectivity index (χ0) is 20.6. The Morgan fingerprint density at radius 2 is 1.89 bits per heavy atom. The molecule has 1 atom stereocenters. The van der Waals surface area contributed by atoms with Crippen molar-refractivity contribution in [3.8, 4) is 5.75 Å². The van der Waals surface area contributed by atoms with E-state index < -0.39 is 29.1 Å². The number of fused-ring (bicyclic) bond motifs is 1. The van der Waals surface area contributed by atoms with Crippen LogP contribution in [-0.4, -0.2) is 27.3 Å². The molecule has 0 aliphatic rings. The number of aromatic nitrogens is 2. The second-order valence-corrected chi connectivity index (χ2v) is 6.60. The van der Waals surface area contributed by atoms with Gasteiger partial charge in [0.05, 0.1) is 29.6 Å². The second-order valence-electron chi connectivity index (χ2n) is 6.19. The first-order valence-corrected chi connectivity index (χ1v) is 8.62. The van der Waals surface area contributed by atoms with Crippen LogP contribution < -0.4 is 16.0 Å². The number of carbonyl (C=O) groups is 1. The van der Waals surface area contributed by atoms with Crippen LogP contribution in [0.25, 0.3) is 10.9 Å². The van der Waals surface area contributed by atoms with Crippen LogP contribution in [0.4, 0.5) is 4.39 Å². The highest BCUT2D eigenvalue weighted by atomic mass is 35.5. The minimum atomic E-state index is -1.29. The Hall–Kier alpha value is -3.13. The molecule has 1 aromatic heterocycles. The molecule has 2 aromatic carbocycles. The van der Waals surface area contributed by atoms with Crippen molar-refractivity contribution in [3.63, 3.8) is 0 Å². The van der Waals surface area contributed by atoms with Gasteiger partial charge in [0.2, 0.25) is 0 Å². The van der Waals surface area contributed by atoms with E-state index in [9.17, 15) is 23.9 Å². The summed E-state index contributed by atoms with van der Waals surface area (Å²) in [6, 6.07) is 7.38. The monoisotopic (exact) mass is 406 g/mol. The number of hydrogen-bond acceptors (Lipinski definition) is 4.